The van der Waals surface area contributed by atoms with E-state index in [1.807, 2.05) is 13.8 Å². The maximum atomic E-state index is 12.6. The van der Waals surface area contributed by atoms with Gasteiger partial charge in [0.2, 0.25) is 0 Å². The first-order chi connectivity index (χ1) is 5.41. The second kappa shape index (κ2) is 3.12. The van der Waals surface area contributed by atoms with E-state index < -0.39 is 4.83 Å². The van der Waals surface area contributed by atoms with Crippen LogP contribution in [0.5, 0.6) is 0 Å². The van der Waals surface area contributed by atoms with Crippen LogP contribution in [0, 0.1) is 0 Å². The number of rotatable bonds is 2. The standard InChI is InChI=1S/C7H9BrF2N2/c1-5(2)12-4-3-6(11-12)7(8,9)10/h3-5H,1-2H3. The Hall–Kier alpha value is -0.450. The predicted octanol–water partition coefficient (Wildman–Crippen LogP) is 2.91. The van der Waals surface area contributed by atoms with Gasteiger partial charge in [-0.2, -0.15) is 13.9 Å². The van der Waals surface area contributed by atoms with Crippen molar-refractivity contribution in [3.63, 3.8) is 0 Å². The topological polar surface area (TPSA) is 17.8 Å². The zero-order valence-corrected chi connectivity index (χ0v) is 8.35. The molecule has 68 valence electrons. The van der Waals surface area contributed by atoms with E-state index in [1.165, 1.54) is 16.9 Å². The number of halogens is 3. The minimum absolute atomic E-state index is 0.105. The van der Waals surface area contributed by atoms with Crippen molar-refractivity contribution in [2.75, 3.05) is 0 Å². The van der Waals surface area contributed by atoms with Crippen molar-refractivity contribution in [2.45, 2.75) is 24.7 Å². The quantitative estimate of drug-likeness (QED) is 0.725. The normalized spacial score (nSPS) is 12.5. The Morgan fingerprint density at radius 2 is 2.17 bits per heavy atom. The van der Waals surface area contributed by atoms with Crippen LogP contribution in [-0.4, -0.2) is 9.78 Å². The molecule has 0 aliphatic heterocycles. The van der Waals surface area contributed by atoms with Gasteiger partial charge in [-0.1, -0.05) is 0 Å². The summed E-state index contributed by atoms with van der Waals surface area (Å²) in [5.41, 5.74) is -0.254. The van der Waals surface area contributed by atoms with Gasteiger partial charge in [0.25, 0.3) is 0 Å². The van der Waals surface area contributed by atoms with Gasteiger partial charge in [0.15, 0.2) is 0 Å². The molecule has 2 nitrogen and oxygen atoms in total. The van der Waals surface area contributed by atoms with Crippen LogP contribution in [0.3, 0.4) is 0 Å². The fourth-order valence-corrected chi connectivity index (χ4v) is 0.988. The zero-order valence-electron chi connectivity index (χ0n) is 6.76. The Kier molecular flexibility index (Phi) is 2.51. The van der Waals surface area contributed by atoms with Gasteiger partial charge in [0.1, 0.15) is 5.69 Å². The van der Waals surface area contributed by atoms with Crippen molar-refractivity contribution in [3.05, 3.63) is 18.0 Å². The summed E-state index contributed by atoms with van der Waals surface area (Å²) in [5.74, 6) is 0. The summed E-state index contributed by atoms with van der Waals surface area (Å²) in [6.45, 7) is 3.76. The van der Waals surface area contributed by atoms with E-state index in [4.69, 9.17) is 0 Å². The highest BCUT2D eigenvalue weighted by Gasteiger charge is 2.30. The Bertz CT molecular complexity index is 265. The molecule has 0 spiro atoms. The lowest BCUT2D eigenvalue weighted by Gasteiger charge is -2.05. The van der Waals surface area contributed by atoms with Crippen LogP contribution in [-0.2, 0) is 4.83 Å². The first-order valence-electron chi connectivity index (χ1n) is 3.53. The highest BCUT2D eigenvalue weighted by molar-refractivity contribution is 9.09. The van der Waals surface area contributed by atoms with Gasteiger partial charge >= 0.3 is 4.83 Å². The van der Waals surface area contributed by atoms with E-state index in [-0.39, 0.29) is 11.7 Å². The summed E-state index contributed by atoms with van der Waals surface area (Å²) >= 11 is 2.24. The Morgan fingerprint density at radius 1 is 1.58 bits per heavy atom. The van der Waals surface area contributed by atoms with Gasteiger partial charge in [0.05, 0.1) is 0 Å². The zero-order chi connectivity index (χ0) is 9.35. The molecule has 0 N–H and O–H groups in total. The minimum Gasteiger partial charge on any atom is -0.270 e. The van der Waals surface area contributed by atoms with Crippen molar-refractivity contribution < 1.29 is 8.78 Å². The van der Waals surface area contributed by atoms with Crippen molar-refractivity contribution >= 4 is 15.9 Å². The number of nitrogens with zero attached hydrogens (tertiary/aromatic N) is 2. The largest absolute Gasteiger partial charge is 0.344 e. The fraction of sp³-hybridized carbons (Fsp3) is 0.571. The smallest absolute Gasteiger partial charge is 0.270 e. The predicted molar refractivity (Wildman–Crippen MR) is 45.4 cm³/mol. The highest BCUT2D eigenvalue weighted by Crippen LogP contribution is 2.33. The molecule has 0 saturated heterocycles. The fourth-order valence-electron chi connectivity index (χ4n) is 0.777. The van der Waals surface area contributed by atoms with Crippen LogP contribution < -0.4 is 0 Å². The lowest BCUT2D eigenvalue weighted by atomic mass is 10.4. The van der Waals surface area contributed by atoms with E-state index >= 15 is 0 Å². The van der Waals surface area contributed by atoms with E-state index in [0.717, 1.165) is 0 Å². The molecule has 0 bridgehead atoms. The monoisotopic (exact) mass is 238 g/mol. The summed E-state index contributed by atoms with van der Waals surface area (Å²) in [6.07, 6.45) is 1.54. The third-order valence-electron chi connectivity index (χ3n) is 1.43. The maximum absolute atomic E-state index is 12.6. The van der Waals surface area contributed by atoms with Crippen LogP contribution in [0.1, 0.15) is 25.6 Å². The first-order valence-corrected chi connectivity index (χ1v) is 4.33. The molecular formula is C7H9BrF2N2. The van der Waals surface area contributed by atoms with Crippen LogP contribution in [0.4, 0.5) is 8.78 Å². The minimum atomic E-state index is -3.02. The van der Waals surface area contributed by atoms with E-state index in [2.05, 4.69) is 21.0 Å². The average Bonchev–Trinajstić information content (AvgIpc) is 2.30. The molecule has 12 heavy (non-hydrogen) atoms. The van der Waals surface area contributed by atoms with Crippen LogP contribution in [0.15, 0.2) is 12.3 Å². The lowest BCUT2D eigenvalue weighted by Crippen LogP contribution is -2.07. The van der Waals surface area contributed by atoms with Gasteiger partial charge in [-0.25, -0.2) is 0 Å². The van der Waals surface area contributed by atoms with Crippen LogP contribution in [0.25, 0.3) is 0 Å². The van der Waals surface area contributed by atoms with E-state index in [9.17, 15) is 8.78 Å². The summed E-state index contributed by atoms with van der Waals surface area (Å²) in [7, 11) is 0. The van der Waals surface area contributed by atoms with Gasteiger partial charge in [0, 0.05) is 12.2 Å². The van der Waals surface area contributed by atoms with Gasteiger partial charge in [-0.05, 0) is 35.8 Å². The third kappa shape index (κ3) is 2.03. The van der Waals surface area contributed by atoms with E-state index in [1.54, 1.807) is 0 Å². The summed E-state index contributed by atoms with van der Waals surface area (Å²) in [5, 5.41) is 3.70. The summed E-state index contributed by atoms with van der Waals surface area (Å²) in [4.78, 5) is -3.02. The van der Waals surface area contributed by atoms with Crippen molar-refractivity contribution in [3.8, 4) is 0 Å². The summed E-state index contributed by atoms with van der Waals surface area (Å²) in [6, 6.07) is 1.41. The molecule has 0 fully saturated rings. The summed E-state index contributed by atoms with van der Waals surface area (Å²) < 4.78 is 26.6. The van der Waals surface area contributed by atoms with Crippen molar-refractivity contribution in [1.29, 1.82) is 0 Å². The molecule has 0 aliphatic rings. The third-order valence-corrected chi connectivity index (χ3v) is 1.83. The molecule has 1 heterocycles. The molecule has 0 aromatic carbocycles. The number of alkyl halides is 3. The average molecular weight is 239 g/mol. The Morgan fingerprint density at radius 3 is 2.42 bits per heavy atom. The van der Waals surface area contributed by atoms with Crippen LogP contribution >= 0.6 is 15.9 Å². The van der Waals surface area contributed by atoms with E-state index in [0.29, 0.717) is 0 Å². The molecule has 0 unspecified atom stereocenters. The molecule has 0 amide bonds. The molecule has 1 aromatic heterocycles. The number of aromatic nitrogens is 2. The second-order valence-electron chi connectivity index (χ2n) is 2.77. The number of hydrogen-bond acceptors (Lipinski definition) is 1. The molecule has 0 saturated carbocycles. The second-order valence-corrected chi connectivity index (χ2v) is 3.77. The SMILES string of the molecule is CC(C)n1ccc(C(F)(F)Br)n1. The van der Waals surface area contributed by atoms with Crippen molar-refractivity contribution in [2.24, 2.45) is 0 Å². The molecule has 5 heteroatoms. The molecular weight excluding hydrogens is 230 g/mol. The lowest BCUT2D eigenvalue weighted by molar-refractivity contribution is 0.108. The Labute approximate surface area is 77.7 Å². The number of hydrogen-bond donors (Lipinski definition) is 0. The maximum Gasteiger partial charge on any atom is 0.344 e. The Balaban J connectivity index is 2.92. The molecule has 1 rings (SSSR count). The van der Waals surface area contributed by atoms with Gasteiger partial charge in [-0.3, -0.25) is 4.68 Å². The molecule has 0 atom stereocenters. The molecule has 0 radical (unpaired) electrons. The van der Waals surface area contributed by atoms with Crippen LogP contribution in [0.2, 0.25) is 0 Å². The van der Waals surface area contributed by atoms with Gasteiger partial charge < -0.3 is 0 Å². The van der Waals surface area contributed by atoms with Gasteiger partial charge in [-0.15, -0.1) is 0 Å². The van der Waals surface area contributed by atoms with Crippen molar-refractivity contribution in [1.82, 2.24) is 9.78 Å². The molecule has 0 aliphatic carbocycles. The first kappa shape index (κ1) is 9.64. The molecule has 1 aromatic rings. The highest BCUT2D eigenvalue weighted by atomic mass is 79.9.